The molecule has 0 atom stereocenters. The summed E-state index contributed by atoms with van der Waals surface area (Å²) >= 11 is 3.36. The summed E-state index contributed by atoms with van der Waals surface area (Å²) in [7, 11) is 3.04. The second kappa shape index (κ2) is 8.11. The maximum absolute atomic E-state index is 12.9. The third-order valence-electron chi connectivity index (χ3n) is 3.74. The van der Waals surface area contributed by atoms with E-state index in [0.717, 1.165) is 4.47 Å². The molecule has 0 saturated carbocycles. The Morgan fingerprint density at radius 2 is 1.58 bits per heavy atom. The minimum absolute atomic E-state index is 0.0621. The van der Waals surface area contributed by atoms with E-state index in [1.54, 1.807) is 31.2 Å². The van der Waals surface area contributed by atoms with Crippen LogP contribution < -0.4 is 9.47 Å². The molecule has 126 valence electrons. The molecule has 0 aliphatic carbocycles. The molecule has 0 spiro atoms. The van der Waals surface area contributed by atoms with E-state index in [4.69, 9.17) is 9.47 Å². The molecule has 0 aliphatic rings. The highest BCUT2D eigenvalue weighted by Crippen LogP contribution is 2.32. The van der Waals surface area contributed by atoms with Gasteiger partial charge < -0.3 is 9.47 Å². The topological polar surface area (TPSA) is 52.6 Å². The minimum Gasteiger partial charge on any atom is -0.493 e. The lowest BCUT2D eigenvalue weighted by Gasteiger charge is -2.14. The SMILES string of the molecule is CCC(=O)Cc1cc(OC)c(OC)cc1C(=O)c1ccc(Br)cc1. The van der Waals surface area contributed by atoms with E-state index in [0.29, 0.717) is 34.6 Å². The van der Waals surface area contributed by atoms with E-state index < -0.39 is 0 Å². The van der Waals surface area contributed by atoms with Crippen molar-refractivity contribution >= 4 is 27.5 Å². The normalized spacial score (nSPS) is 10.3. The van der Waals surface area contributed by atoms with Crippen LogP contribution in [-0.4, -0.2) is 25.8 Å². The fourth-order valence-electron chi connectivity index (χ4n) is 2.37. The molecular weight excluding hydrogens is 372 g/mol. The number of rotatable bonds is 7. The molecule has 0 bridgehead atoms. The monoisotopic (exact) mass is 390 g/mol. The fourth-order valence-corrected chi connectivity index (χ4v) is 2.64. The number of hydrogen-bond acceptors (Lipinski definition) is 4. The molecule has 0 aliphatic heterocycles. The molecular formula is C19H19BrO4. The highest BCUT2D eigenvalue weighted by atomic mass is 79.9. The van der Waals surface area contributed by atoms with Gasteiger partial charge in [-0.3, -0.25) is 9.59 Å². The third-order valence-corrected chi connectivity index (χ3v) is 4.27. The summed E-state index contributed by atoms with van der Waals surface area (Å²) in [6.45, 7) is 1.80. The highest BCUT2D eigenvalue weighted by Gasteiger charge is 2.19. The number of halogens is 1. The summed E-state index contributed by atoms with van der Waals surface area (Å²) in [5.74, 6) is 0.879. The van der Waals surface area contributed by atoms with Gasteiger partial charge in [-0.15, -0.1) is 0 Å². The van der Waals surface area contributed by atoms with Crippen LogP contribution in [0, 0.1) is 0 Å². The summed E-state index contributed by atoms with van der Waals surface area (Å²) < 4.78 is 11.5. The van der Waals surface area contributed by atoms with Crippen LogP contribution in [0.2, 0.25) is 0 Å². The molecule has 0 unspecified atom stereocenters. The van der Waals surface area contributed by atoms with Crippen molar-refractivity contribution in [1.82, 2.24) is 0 Å². The first-order valence-electron chi connectivity index (χ1n) is 7.57. The van der Waals surface area contributed by atoms with Gasteiger partial charge in [0.15, 0.2) is 17.3 Å². The van der Waals surface area contributed by atoms with E-state index >= 15 is 0 Å². The average molecular weight is 391 g/mol. The first kappa shape index (κ1) is 18.2. The number of ketones is 2. The molecule has 0 radical (unpaired) electrons. The Morgan fingerprint density at radius 1 is 1.00 bits per heavy atom. The van der Waals surface area contributed by atoms with Crippen molar-refractivity contribution in [3.8, 4) is 11.5 Å². The maximum atomic E-state index is 12.9. The predicted octanol–water partition coefficient (Wildman–Crippen LogP) is 4.22. The van der Waals surface area contributed by atoms with Gasteiger partial charge >= 0.3 is 0 Å². The van der Waals surface area contributed by atoms with Gasteiger partial charge in [0.05, 0.1) is 14.2 Å². The van der Waals surface area contributed by atoms with Crippen molar-refractivity contribution in [3.63, 3.8) is 0 Å². The summed E-state index contributed by atoms with van der Waals surface area (Å²) in [6, 6.07) is 10.5. The molecule has 0 heterocycles. The lowest BCUT2D eigenvalue weighted by Crippen LogP contribution is -2.10. The number of carbonyl (C=O) groups excluding carboxylic acids is 2. The maximum Gasteiger partial charge on any atom is 0.193 e. The molecule has 0 fully saturated rings. The Kier molecular flexibility index (Phi) is 6.15. The van der Waals surface area contributed by atoms with Gasteiger partial charge in [0.25, 0.3) is 0 Å². The van der Waals surface area contributed by atoms with Gasteiger partial charge in [0, 0.05) is 28.4 Å². The lowest BCUT2D eigenvalue weighted by atomic mass is 9.94. The predicted molar refractivity (Wildman–Crippen MR) is 96.1 cm³/mol. The van der Waals surface area contributed by atoms with E-state index in [9.17, 15) is 9.59 Å². The van der Waals surface area contributed by atoms with Gasteiger partial charge in [0.1, 0.15) is 5.78 Å². The van der Waals surface area contributed by atoms with Crippen LogP contribution >= 0.6 is 15.9 Å². The number of ether oxygens (including phenoxy) is 2. The Labute approximate surface area is 149 Å². The Bertz CT molecular complexity index is 751. The summed E-state index contributed by atoms with van der Waals surface area (Å²) in [5.41, 5.74) is 1.65. The number of carbonyl (C=O) groups is 2. The number of hydrogen-bond donors (Lipinski definition) is 0. The Morgan fingerprint density at radius 3 is 2.12 bits per heavy atom. The molecule has 4 nitrogen and oxygen atoms in total. The van der Waals surface area contributed by atoms with Crippen LogP contribution in [0.3, 0.4) is 0 Å². The first-order chi connectivity index (χ1) is 11.5. The zero-order valence-corrected chi connectivity index (χ0v) is 15.5. The van der Waals surface area contributed by atoms with Gasteiger partial charge in [-0.1, -0.05) is 22.9 Å². The number of Topliss-reactive ketones (excluding diaryl/α,β-unsaturated/α-hetero) is 1. The van der Waals surface area contributed by atoms with Crippen molar-refractivity contribution in [1.29, 1.82) is 0 Å². The second-order valence-corrected chi connectivity index (χ2v) is 6.19. The Balaban J connectivity index is 2.54. The van der Waals surface area contributed by atoms with Crippen LogP contribution in [0.25, 0.3) is 0 Å². The zero-order chi connectivity index (χ0) is 17.7. The van der Waals surface area contributed by atoms with Crippen LogP contribution in [0.15, 0.2) is 40.9 Å². The molecule has 0 N–H and O–H groups in total. The standard InChI is InChI=1S/C19H19BrO4/c1-4-15(21)9-13-10-17(23-2)18(24-3)11-16(13)19(22)12-5-7-14(20)8-6-12/h5-8,10-11H,4,9H2,1-3H3. The fraction of sp³-hybridized carbons (Fsp3) is 0.263. The van der Waals surface area contributed by atoms with E-state index in [2.05, 4.69) is 15.9 Å². The largest absolute Gasteiger partial charge is 0.493 e. The molecule has 0 aromatic heterocycles. The van der Waals surface area contributed by atoms with Crippen molar-refractivity contribution in [3.05, 3.63) is 57.6 Å². The molecule has 0 saturated heterocycles. The highest BCUT2D eigenvalue weighted by molar-refractivity contribution is 9.10. The first-order valence-corrected chi connectivity index (χ1v) is 8.36. The van der Waals surface area contributed by atoms with E-state index in [1.807, 2.05) is 12.1 Å². The van der Waals surface area contributed by atoms with Crippen LogP contribution in [0.1, 0.15) is 34.8 Å². The summed E-state index contributed by atoms with van der Waals surface area (Å²) in [6.07, 6.45) is 0.606. The zero-order valence-electron chi connectivity index (χ0n) is 13.9. The lowest BCUT2D eigenvalue weighted by molar-refractivity contribution is -0.118. The van der Waals surface area contributed by atoms with Gasteiger partial charge in [-0.05, 0) is 42.0 Å². The van der Waals surface area contributed by atoms with Crippen molar-refractivity contribution in [2.45, 2.75) is 19.8 Å². The van der Waals surface area contributed by atoms with Gasteiger partial charge in [-0.2, -0.15) is 0 Å². The van der Waals surface area contributed by atoms with Crippen LogP contribution in [0.5, 0.6) is 11.5 Å². The third kappa shape index (κ3) is 4.03. The van der Waals surface area contributed by atoms with E-state index in [-0.39, 0.29) is 18.0 Å². The van der Waals surface area contributed by atoms with Gasteiger partial charge in [0.2, 0.25) is 0 Å². The Hall–Kier alpha value is -2.14. The van der Waals surface area contributed by atoms with Crippen molar-refractivity contribution < 1.29 is 19.1 Å². The quantitative estimate of drug-likeness (QED) is 0.664. The molecule has 0 amide bonds. The van der Waals surface area contributed by atoms with Crippen LogP contribution in [-0.2, 0) is 11.2 Å². The van der Waals surface area contributed by atoms with Gasteiger partial charge in [-0.25, -0.2) is 0 Å². The second-order valence-electron chi connectivity index (χ2n) is 5.27. The molecule has 24 heavy (non-hydrogen) atoms. The molecule has 2 aromatic rings. The molecule has 5 heteroatoms. The molecule has 2 aromatic carbocycles. The van der Waals surface area contributed by atoms with E-state index in [1.165, 1.54) is 14.2 Å². The smallest absolute Gasteiger partial charge is 0.193 e. The van der Waals surface area contributed by atoms with Crippen molar-refractivity contribution in [2.75, 3.05) is 14.2 Å². The number of methoxy groups -OCH3 is 2. The van der Waals surface area contributed by atoms with Crippen molar-refractivity contribution in [2.24, 2.45) is 0 Å². The number of benzene rings is 2. The minimum atomic E-state index is -0.151. The summed E-state index contributed by atoms with van der Waals surface area (Å²) in [4.78, 5) is 24.8. The summed E-state index contributed by atoms with van der Waals surface area (Å²) in [5, 5.41) is 0. The van der Waals surface area contributed by atoms with Crippen LogP contribution in [0.4, 0.5) is 0 Å². The molecule has 2 rings (SSSR count). The average Bonchev–Trinajstić information content (AvgIpc) is 2.61.